The van der Waals surface area contributed by atoms with Crippen molar-refractivity contribution in [3.05, 3.63) is 29.6 Å². The van der Waals surface area contributed by atoms with E-state index in [4.69, 9.17) is 10.5 Å². The Morgan fingerprint density at radius 2 is 2.12 bits per heavy atom. The van der Waals surface area contributed by atoms with Gasteiger partial charge in [0.1, 0.15) is 11.6 Å². The van der Waals surface area contributed by atoms with Gasteiger partial charge in [0.05, 0.1) is 19.3 Å². The van der Waals surface area contributed by atoms with Crippen molar-refractivity contribution in [1.82, 2.24) is 0 Å². The van der Waals surface area contributed by atoms with Gasteiger partial charge in [0, 0.05) is 5.56 Å². The molecule has 0 spiro atoms. The predicted molar refractivity (Wildman–Crippen MR) is 65.9 cm³/mol. The van der Waals surface area contributed by atoms with Gasteiger partial charge in [-0.15, -0.1) is 12.4 Å². The van der Waals surface area contributed by atoms with E-state index in [0.29, 0.717) is 11.3 Å². The Balaban J connectivity index is 0.00000144. The minimum atomic E-state index is -0.615. The van der Waals surface area contributed by atoms with Crippen LogP contribution in [0.3, 0.4) is 0 Å². The lowest BCUT2D eigenvalue weighted by molar-refractivity contribution is 0.121. The molecule has 3 N–H and O–H groups in total. The zero-order valence-corrected chi connectivity index (χ0v) is 10.4. The molecule has 0 heterocycles. The highest BCUT2D eigenvalue weighted by molar-refractivity contribution is 5.85. The standard InChI is InChI=1S/C12H16FNO2.ClH/c1-16-10-5-4-8(13)6-9(10)11(14)12(15)7-2-3-7;/h4-7,11-12,15H,2-3,14H2,1H3;1H/t11-,12+;/m0./s1. The van der Waals surface area contributed by atoms with Crippen LogP contribution in [0.4, 0.5) is 4.39 Å². The van der Waals surface area contributed by atoms with Gasteiger partial charge in [-0.1, -0.05) is 0 Å². The van der Waals surface area contributed by atoms with Crippen LogP contribution in [0.15, 0.2) is 18.2 Å². The van der Waals surface area contributed by atoms with Crippen LogP contribution in [0.25, 0.3) is 0 Å². The first-order valence-corrected chi connectivity index (χ1v) is 5.40. The normalized spacial score (nSPS) is 18.1. The molecule has 0 aliphatic heterocycles. The molecule has 0 bridgehead atoms. The Kier molecular flexibility index (Phi) is 4.74. The molecule has 0 amide bonds. The average Bonchev–Trinajstić information content (AvgIpc) is 3.11. The zero-order valence-electron chi connectivity index (χ0n) is 9.60. The van der Waals surface area contributed by atoms with E-state index in [0.717, 1.165) is 12.8 Å². The number of nitrogens with two attached hydrogens (primary N) is 1. The molecule has 1 aliphatic carbocycles. The molecule has 1 aromatic carbocycles. The van der Waals surface area contributed by atoms with Gasteiger partial charge in [0.25, 0.3) is 0 Å². The van der Waals surface area contributed by atoms with Crippen molar-refractivity contribution >= 4 is 12.4 Å². The molecule has 0 saturated heterocycles. The Morgan fingerprint density at radius 1 is 1.47 bits per heavy atom. The van der Waals surface area contributed by atoms with E-state index in [-0.39, 0.29) is 24.1 Å². The lowest BCUT2D eigenvalue weighted by atomic mass is 9.98. The summed E-state index contributed by atoms with van der Waals surface area (Å²) in [5.74, 6) is 0.408. The number of rotatable bonds is 4. The molecule has 96 valence electrons. The molecule has 1 fully saturated rings. The van der Waals surface area contributed by atoms with E-state index in [2.05, 4.69) is 0 Å². The predicted octanol–water partition coefficient (Wildman–Crippen LogP) is 2.03. The Morgan fingerprint density at radius 3 is 2.65 bits per heavy atom. The van der Waals surface area contributed by atoms with Crippen LogP contribution in [0, 0.1) is 11.7 Å². The van der Waals surface area contributed by atoms with Crippen molar-refractivity contribution < 1.29 is 14.2 Å². The van der Waals surface area contributed by atoms with Gasteiger partial charge in [0.15, 0.2) is 0 Å². The van der Waals surface area contributed by atoms with Crippen molar-refractivity contribution in [2.45, 2.75) is 25.0 Å². The number of benzene rings is 1. The van der Waals surface area contributed by atoms with Crippen molar-refractivity contribution in [1.29, 1.82) is 0 Å². The second-order valence-electron chi connectivity index (χ2n) is 4.24. The molecule has 1 aromatic rings. The summed E-state index contributed by atoms with van der Waals surface area (Å²) in [6.45, 7) is 0. The highest BCUT2D eigenvalue weighted by Gasteiger charge is 2.35. The second-order valence-corrected chi connectivity index (χ2v) is 4.24. The van der Waals surface area contributed by atoms with E-state index >= 15 is 0 Å². The van der Waals surface area contributed by atoms with Gasteiger partial charge in [-0.2, -0.15) is 0 Å². The Bertz CT molecular complexity index is 385. The zero-order chi connectivity index (χ0) is 11.7. The maximum Gasteiger partial charge on any atom is 0.123 e. The summed E-state index contributed by atoms with van der Waals surface area (Å²) in [5.41, 5.74) is 6.46. The van der Waals surface area contributed by atoms with Crippen LogP contribution in [0.5, 0.6) is 5.75 Å². The second kappa shape index (κ2) is 5.67. The first-order valence-electron chi connectivity index (χ1n) is 5.40. The highest BCUT2D eigenvalue weighted by Crippen LogP contribution is 2.39. The lowest BCUT2D eigenvalue weighted by Gasteiger charge is -2.20. The van der Waals surface area contributed by atoms with Crippen LogP contribution in [-0.4, -0.2) is 18.3 Å². The molecule has 0 aromatic heterocycles. The SMILES string of the molecule is COc1ccc(F)cc1[C@H](N)[C@H](O)C1CC1.Cl. The quantitative estimate of drug-likeness (QED) is 0.872. The van der Waals surface area contributed by atoms with Crippen molar-refractivity contribution in [2.24, 2.45) is 11.7 Å². The molecule has 17 heavy (non-hydrogen) atoms. The Labute approximate surface area is 106 Å². The fourth-order valence-electron chi connectivity index (χ4n) is 1.88. The monoisotopic (exact) mass is 261 g/mol. The summed E-state index contributed by atoms with van der Waals surface area (Å²) >= 11 is 0. The van der Waals surface area contributed by atoms with Gasteiger partial charge in [-0.3, -0.25) is 0 Å². The van der Waals surface area contributed by atoms with Gasteiger partial charge >= 0.3 is 0 Å². The van der Waals surface area contributed by atoms with Crippen molar-refractivity contribution in [3.8, 4) is 5.75 Å². The van der Waals surface area contributed by atoms with Crippen LogP contribution in [-0.2, 0) is 0 Å². The number of aliphatic hydroxyl groups is 1. The summed E-state index contributed by atoms with van der Waals surface area (Å²) in [6, 6.07) is 3.59. The van der Waals surface area contributed by atoms with Crippen molar-refractivity contribution in [2.75, 3.05) is 7.11 Å². The smallest absolute Gasteiger partial charge is 0.123 e. The molecular weight excluding hydrogens is 245 g/mol. The van der Waals surface area contributed by atoms with Crippen LogP contribution >= 0.6 is 12.4 Å². The summed E-state index contributed by atoms with van der Waals surface area (Å²) < 4.78 is 18.2. The summed E-state index contributed by atoms with van der Waals surface area (Å²) in [4.78, 5) is 0. The number of hydrogen-bond donors (Lipinski definition) is 2. The van der Waals surface area contributed by atoms with Gasteiger partial charge < -0.3 is 15.6 Å². The number of methoxy groups -OCH3 is 1. The number of ether oxygens (including phenoxy) is 1. The maximum atomic E-state index is 13.1. The largest absolute Gasteiger partial charge is 0.496 e. The summed E-state index contributed by atoms with van der Waals surface area (Å²) in [5, 5.41) is 9.92. The first kappa shape index (κ1) is 14.2. The lowest BCUT2D eigenvalue weighted by Crippen LogP contribution is -2.28. The molecule has 0 unspecified atom stereocenters. The minimum Gasteiger partial charge on any atom is -0.496 e. The molecular formula is C12H17ClFNO2. The third-order valence-electron chi connectivity index (χ3n) is 3.02. The molecule has 3 nitrogen and oxygen atoms in total. The fourth-order valence-corrected chi connectivity index (χ4v) is 1.88. The number of hydrogen-bond acceptors (Lipinski definition) is 3. The van der Waals surface area contributed by atoms with E-state index in [9.17, 15) is 9.50 Å². The van der Waals surface area contributed by atoms with E-state index in [1.807, 2.05) is 0 Å². The third-order valence-corrected chi connectivity index (χ3v) is 3.02. The Hall–Kier alpha value is -0.840. The molecule has 1 aliphatic rings. The van der Waals surface area contributed by atoms with Crippen LogP contribution < -0.4 is 10.5 Å². The van der Waals surface area contributed by atoms with E-state index in [1.54, 1.807) is 0 Å². The van der Waals surface area contributed by atoms with Crippen LogP contribution in [0.2, 0.25) is 0 Å². The van der Waals surface area contributed by atoms with E-state index < -0.39 is 12.1 Å². The average molecular weight is 262 g/mol. The molecule has 2 rings (SSSR count). The topological polar surface area (TPSA) is 55.5 Å². The van der Waals surface area contributed by atoms with Gasteiger partial charge in [-0.25, -0.2) is 4.39 Å². The van der Waals surface area contributed by atoms with E-state index in [1.165, 1.54) is 25.3 Å². The van der Waals surface area contributed by atoms with Gasteiger partial charge in [0.2, 0.25) is 0 Å². The molecule has 1 saturated carbocycles. The molecule has 2 atom stereocenters. The summed E-state index contributed by atoms with van der Waals surface area (Å²) in [7, 11) is 1.51. The fraction of sp³-hybridized carbons (Fsp3) is 0.500. The number of aliphatic hydroxyl groups excluding tert-OH is 1. The minimum absolute atomic E-state index is 0. The molecule has 0 radical (unpaired) electrons. The van der Waals surface area contributed by atoms with Crippen LogP contribution in [0.1, 0.15) is 24.4 Å². The van der Waals surface area contributed by atoms with Gasteiger partial charge in [-0.05, 0) is 37.0 Å². The third kappa shape index (κ3) is 3.09. The highest BCUT2D eigenvalue weighted by atomic mass is 35.5. The first-order chi connectivity index (χ1) is 7.63. The molecule has 5 heteroatoms. The summed E-state index contributed by atoms with van der Waals surface area (Å²) in [6.07, 6.45) is 1.37. The van der Waals surface area contributed by atoms with Crippen molar-refractivity contribution in [3.63, 3.8) is 0 Å². The maximum absolute atomic E-state index is 13.1. The number of halogens is 2.